The van der Waals surface area contributed by atoms with Crippen molar-refractivity contribution >= 4 is 33.7 Å². The van der Waals surface area contributed by atoms with Crippen LogP contribution in [-0.2, 0) is 10.1 Å². The van der Waals surface area contributed by atoms with E-state index < -0.39 is 15.9 Å². The standard InChI is InChI=1S/C15H14FN3O4S2/c1-22-14-8-10(9-18-19-15(17)24)2-7-13(14)23-25(20,21)12-5-3-11(16)4-6-12/h2-9H,1H3,(H3,17,19,24)/b18-9-. The number of halogens is 1. The third-order valence-corrected chi connectivity index (χ3v) is 4.22. The minimum absolute atomic E-state index is 0.00793. The van der Waals surface area contributed by atoms with Crippen LogP contribution in [0.3, 0.4) is 0 Å². The zero-order chi connectivity index (χ0) is 18.4. The van der Waals surface area contributed by atoms with E-state index in [-0.39, 0.29) is 21.5 Å². The lowest BCUT2D eigenvalue weighted by Crippen LogP contribution is -2.23. The van der Waals surface area contributed by atoms with Gasteiger partial charge in [-0.2, -0.15) is 13.5 Å². The van der Waals surface area contributed by atoms with Crippen LogP contribution in [0.15, 0.2) is 52.5 Å². The van der Waals surface area contributed by atoms with Gasteiger partial charge in [0.1, 0.15) is 10.7 Å². The van der Waals surface area contributed by atoms with Crippen LogP contribution in [0.4, 0.5) is 4.39 Å². The van der Waals surface area contributed by atoms with E-state index in [9.17, 15) is 12.8 Å². The Morgan fingerprint density at radius 1 is 1.24 bits per heavy atom. The van der Waals surface area contributed by atoms with Crippen molar-refractivity contribution in [3.8, 4) is 11.5 Å². The van der Waals surface area contributed by atoms with Crippen LogP contribution in [0.25, 0.3) is 0 Å². The van der Waals surface area contributed by atoms with Crippen molar-refractivity contribution in [3.63, 3.8) is 0 Å². The normalized spacial score (nSPS) is 11.3. The molecule has 0 atom stereocenters. The van der Waals surface area contributed by atoms with Gasteiger partial charge in [0.25, 0.3) is 0 Å². The molecule has 0 aliphatic carbocycles. The topological polar surface area (TPSA) is 103 Å². The molecule has 2 aromatic rings. The second-order valence-electron chi connectivity index (χ2n) is 4.64. The maximum atomic E-state index is 12.9. The monoisotopic (exact) mass is 383 g/mol. The maximum absolute atomic E-state index is 12.9. The Bertz CT molecular complexity index is 899. The average Bonchev–Trinajstić information content (AvgIpc) is 2.56. The number of ether oxygens (including phenoxy) is 1. The van der Waals surface area contributed by atoms with Crippen LogP contribution in [0.1, 0.15) is 5.56 Å². The summed E-state index contributed by atoms with van der Waals surface area (Å²) in [5, 5.41) is 3.79. The Labute approximate surface area is 149 Å². The third-order valence-electron chi connectivity index (χ3n) is 2.88. The Kier molecular flexibility index (Phi) is 5.88. The first-order valence-electron chi connectivity index (χ1n) is 6.78. The van der Waals surface area contributed by atoms with E-state index in [1.807, 2.05) is 0 Å². The van der Waals surface area contributed by atoms with E-state index in [1.165, 1.54) is 25.5 Å². The van der Waals surface area contributed by atoms with Gasteiger partial charge in [-0.3, -0.25) is 5.43 Å². The van der Waals surface area contributed by atoms with Gasteiger partial charge in [0.2, 0.25) is 0 Å². The van der Waals surface area contributed by atoms with Crippen LogP contribution in [0, 0.1) is 5.82 Å². The number of methoxy groups -OCH3 is 1. The first kappa shape index (κ1) is 18.6. The van der Waals surface area contributed by atoms with Gasteiger partial charge in [-0.25, -0.2) is 4.39 Å². The van der Waals surface area contributed by atoms with Gasteiger partial charge in [0.15, 0.2) is 16.6 Å². The number of nitrogens with two attached hydrogens (primary N) is 1. The van der Waals surface area contributed by atoms with E-state index in [4.69, 9.17) is 14.7 Å². The average molecular weight is 383 g/mol. The van der Waals surface area contributed by atoms with Crippen molar-refractivity contribution in [3.05, 3.63) is 53.8 Å². The van der Waals surface area contributed by atoms with Crippen molar-refractivity contribution in [1.82, 2.24) is 5.43 Å². The molecule has 0 bridgehead atoms. The number of hydrazone groups is 1. The summed E-state index contributed by atoms with van der Waals surface area (Å²) in [7, 11) is -2.77. The fourth-order valence-electron chi connectivity index (χ4n) is 1.77. The van der Waals surface area contributed by atoms with E-state index in [0.29, 0.717) is 5.56 Å². The molecule has 0 fully saturated rings. The van der Waals surface area contributed by atoms with Crippen molar-refractivity contribution in [1.29, 1.82) is 0 Å². The Hall–Kier alpha value is -2.72. The number of hydrogen-bond donors (Lipinski definition) is 2. The van der Waals surface area contributed by atoms with Crippen LogP contribution >= 0.6 is 12.2 Å². The zero-order valence-electron chi connectivity index (χ0n) is 13.0. The quantitative estimate of drug-likeness (QED) is 0.339. The molecule has 0 saturated carbocycles. The number of nitrogens with one attached hydrogen (secondary N) is 1. The molecule has 0 saturated heterocycles. The molecule has 0 amide bonds. The lowest BCUT2D eigenvalue weighted by atomic mass is 10.2. The highest BCUT2D eigenvalue weighted by Crippen LogP contribution is 2.30. The highest BCUT2D eigenvalue weighted by molar-refractivity contribution is 7.87. The second kappa shape index (κ2) is 7.90. The van der Waals surface area contributed by atoms with E-state index in [2.05, 4.69) is 22.7 Å². The third kappa shape index (κ3) is 5.13. The summed E-state index contributed by atoms with van der Waals surface area (Å²) < 4.78 is 47.6. The summed E-state index contributed by atoms with van der Waals surface area (Å²) in [4.78, 5) is -0.178. The van der Waals surface area contributed by atoms with Gasteiger partial charge in [0.05, 0.1) is 13.3 Å². The Balaban J connectivity index is 2.25. The molecule has 0 aliphatic heterocycles. The first-order valence-corrected chi connectivity index (χ1v) is 8.60. The van der Waals surface area contributed by atoms with Crippen molar-refractivity contribution in [2.45, 2.75) is 4.90 Å². The van der Waals surface area contributed by atoms with Crippen molar-refractivity contribution < 1.29 is 21.7 Å². The maximum Gasteiger partial charge on any atom is 0.339 e. The van der Waals surface area contributed by atoms with Gasteiger partial charge in [-0.15, -0.1) is 0 Å². The SMILES string of the molecule is COc1cc(/C=N\NC(N)=S)ccc1OS(=O)(=O)c1ccc(F)cc1. The van der Waals surface area contributed by atoms with Crippen molar-refractivity contribution in [2.24, 2.45) is 10.8 Å². The molecule has 2 rings (SSSR count). The van der Waals surface area contributed by atoms with Crippen molar-refractivity contribution in [2.75, 3.05) is 7.11 Å². The van der Waals surface area contributed by atoms with E-state index in [0.717, 1.165) is 24.3 Å². The number of rotatable bonds is 6. The van der Waals surface area contributed by atoms with Gasteiger partial charge >= 0.3 is 10.1 Å². The lowest BCUT2D eigenvalue weighted by molar-refractivity contribution is 0.390. The molecule has 2 aromatic carbocycles. The summed E-state index contributed by atoms with van der Waals surface area (Å²) >= 11 is 4.61. The fraction of sp³-hybridized carbons (Fsp3) is 0.0667. The van der Waals surface area contributed by atoms with Crippen LogP contribution < -0.4 is 20.1 Å². The highest BCUT2D eigenvalue weighted by atomic mass is 32.2. The largest absolute Gasteiger partial charge is 0.493 e. The minimum atomic E-state index is -4.13. The van der Waals surface area contributed by atoms with Crippen LogP contribution in [0.2, 0.25) is 0 Å². The van der Waals surface area contributed by atoms with Gasteiger partial charge < -0.3 is 14.7 Å². The minimum Gasteiger partial charge on any atom is -0.493 e. The molecule has 0 aromatic heterocycles. The summed E-state index contributed by atoms with van der Waals surface area (Å²) in [6.07, 6.45) is 1.42. The van der Waals surface area contributed by atoms with E-state index in [1.54, 1.807) is 6.07 Å². The predicted octanol–water partition coefficient (Wildman–Crippen LogP) is 1.77. The summed E-state index contributed by atoms with van der Waals surface area (Å²) in [5.41, 5.74) is 8.22. The highest BCUT2D eigenvalue weighted by Gasteiger charge is 2.19. The molecular weight excluding hydrogens is 369 g/mol. The molecule has 0 spiro atoms. The molecule has 0 aliphatic rings. The first-order chi connectivity index (χ1) is 11.8. The second-order valence-corrected chi connectivity index (χ2v) is 6.62. The Morgan fingerprint density at radius 2 is 1.92 bits per heavy atom. The summed E-state index contributed by atoms with van der Waals surface area (Å²) in [6, 6.07) is 8.76. The molecule has 0 heterocycles. The molecule has 7 nitrogen and oxygen atoms in total. The molecular formula is C15H14FN3O4S2. The molecule has 0 radical (unpaired) electrons. The number of nitrogens with zero attached hydrogens (tertiary/aromatic N) is 1. The smallest absolute Gasteiger partial charge is 0.339 e. The summed E-state index contributed by atoms with van der Waals surface area (Å²) in [5.74, 6) is -0.401. The van der Waals surface area contributed by atoms with Gasteiger partial charge in [-0.05, 0) is 60.2 Å². The van der Waals surface area contributed by atoms with E-state index >= 15 is 0 Å². The molecule has 25 heavy (non-hydrogen) atoms. The molecule has 10 heteroatoms. The number of benzene rings is 2. The lowest BCUT2D eigenvalue weighted by Gasteiger charge is -2.11. The van der Waals surface area contributed by atoms with Crippen LogP contribution in [-0.4, -0.2) is 26.9 Å². The summed E-state index contributed by atoms with van der Waals surface area (Å²) in [6.45, 7) is 0. The molecule has 3 N–H and O–H groups in total. The number of hydrogen-bond acceptors (Lipinski definition) is 6. The molecule has 0 unspecified atom stereocenters. The zero-order valence-corrected chi connectivity index (χ0v) is 14.6. The Morgan fingerprint density at radius 3 is 2.52 bits per heavy atom. The van der Waals surface area contributed by atoms with Crippen LogP contribution in [0.5, 0.6) is 11.5 Å². The number of thiocarbonyl (C=S) groups is 1. The van der Waals surface area contributed by atoms with Gasteiger partial charge in [0, 0.05) is 0 Å². The van der Waals surface area contributed by atoms with Gasteiger partial charge in [-0.1, -0.05) is 0 Å². The molecule has 132 valence electrons. The fourth-order valence-corrected chi connectivity index (χ4v) is 2.76. The predicted molar refractivity (Wildman–Crippen MR) is 94.7 cm³/mol.